The summed E-state index contributed by atoms with van der Waals surface area (Å²) in [4.78, 5) is 20.8. The van der Waals surface area contributed by atoms with Gasteiger partial charge in [0.15, 0.2) is 0 Å². The number of fused-ring (bicyclic) bond motifs is 2. The van der Waals surface area contributed by atoms with Crippen molar-refractivity contribution in [2.75, 3.05) is 26.7 Å². The Morgan fingerprint density at radius 2 is 1.96 bits per heavy atom. The van der Waals surface area contributed by atoms with Gasteiger partial charge in [0.2, 0.25) is 5.91 Å². The minimum absolute atomic E-state index is 0.101. The van der Waals surface area contributed by atoms with Crippen molar-refractivity contribution in [2.45, 2.75) is 26.3 Å². The average Bonchev–Trinajstić information content (AvgIpc) is 2.97. The Kier molecular flexibility index (Phi) is 5.33. The molecule has 4 rings (SSSR count). The number of rotatable bonds is 3. The number of carbonyl (C=O) groups excluding carboxylic acids is 1. The average molecular weight is 560 g/mol. The fourth-order valence-electron chi connectivity index (χ4n) is 4.50. The van der Waals surface area contributed by atoms with Crippen LogP contribution >= 0.6 is 47.8 Å². The lowest BCUT2D eigenvalue weighted by molar-refractivity contribution is -0.134. The summed E-state index contributed by atoms with van der Waals surface area (Å²) in [6, 6.07) is 2.38. The number of aromatic amines is 1. The summed E-state index contributed by atoms with van der Waals surface area (Å²) in [5.74, 6) is 0.124. The molecule has 2 aliphatic rings. The molecule has 27 heavy (non-hydrogen) atoms. The van der Waals surface area contributed by atoms with Crippen molar-refractivity contribution >= 4 is 70.2 Å². The van der Waals surface area contributed by atoms with E-state index in [1.54, 1.807) is 0 Å². The van der Waals surface area contributed by atoms with Gasteiger partial charge in [-0.3, -0.25) is 9.69 Å². The van der Waals surface area contributed by atoms with Crippen LogP contribution in [0.2, 0.25) is 0 Å². The van der Waals surface area contributed by atoms with Crippen molar-refractivity contribution in [3.05, 3.63) is 36.8 Å². The molecule has 2 atom stereocenters. The van der Waals surface area contributed by atoms with Gasteiger partial charge in [0.1, 0.15) is 0 Å². The van der Waals surface area contributed by atoms with E-state index in [9.17, 15) is 4.79 Å². The topological polar surface area (TPSA) is 39.3 Å². The number of hydrogen-bond acceptors (Lipinski definition) is 2. The summed E-state index contributed by atoms with van der Waals surface area (Å²) in [7, 11) is 2.13. The molecule has 0 saturated heterocycles. The lowest BCUT2D eigenvalue weighted by atomic mass is 9.79. The van der Waals surface area contributed by atoms with Crippen LogP contribution in [0, 0.1) is 5.92 Å². The van der Waals surface area contributed by atoms with E-state index in [0.29, 0.717) is 0 Å². The Hall–Kier alpha value is -0.630. The Morgan fingerprint density at radius 1 is 1.26 bits per heavy atom. The second-order valence-electron chi connectivity index (χ2n) is 7.28. The van der Waals surface area contributed by atoms with Gasteiger partial charge >= 0.3 is 0 Å². The molecular weight excluding hydrogens is 538 g/mol. The van der Waals surface area contributed by atoms with Gasteiger partial charge in [0, 0.05) is 45.6 Å². The molecule has 0 radical (unpaired) electrons. The second kappa shape index (κ2) is 7.32. The highest BCUT2D eigenvalue weighted by Gasteiger charge is 2.38. The second-order valence-corrected chi connectivity index (χ2v) is 9.78. The number of benzene rings is 1. The summed E-state index contributed by atoms with van der Waals surface area (Å²) in [5, 5.41) is 1.25. The highest BCUT2D eigenvalue weighted by molar-refractivity contribution is 9.11. The largest absolute Gasteiger partial charge is 0.348 e. The number of nitrogens with zero attached hydrogens (tertiary/aromatic N) is 2. The molecule has 0 fully saturated rings. The molecule has 0 unspecified atom stereocenters. The van der Waals surface area contributed by atoms with Crippen LogP contribution in [0.3, 0.4) is 0 Å². The molecule has 1 aromatic carbocycles. The summed E-state index contributed by atoms with van der Waals surface area (Å²) in [6.45, 7) is 6.36. The molecule has 1 N–H and O–H groups in total. The van der Waals surface area contributed by atoms with E-state index < -0.39 is 0 Å². The Bertz CT molecular complexity index is 961. The number of carbonyl (C=O) groups is 1. The number of amides is 1. The lowest BCUT2D eigenvalue weighted by Crippen LogP contribution is -2.47. The SMILES string of the molecule is CCN(CC)C(=O)[C@@H]1C=C2c3c(Br)cc(Br)c4[nH]c(Br)c(c34)C[C@H]2N(C)C1. The molecule has 1 amide bonds. The van der Waals surface area contributed by atoms with Crippen molar-refractivity contribution in [2.24, 2.45) is 5.92 Å². The van der Waals surface area contributed by atoms with Crippen molar-refractivity contribution in [3.8, 4) is 0 Å². The van der Waals surface area contributed by atoms with Gasteiger partial charge < -0.3 is 9.88 Å². The first-order chi connectivity index (χ1) is 12.9. The van der Waals surface area contributed by atoms with Crippen LogP contribution in [-0.4, -0.2) is 53.4 Å². The summed E-state index contributed by atoms with van der Waals surface area (Å²) in [6.07, 6.45) is 3.16. The predicted molar refractivity (Wildman–Crippen MR) is 121 cm³/mol. The highest BCUT2D eigenvalue weighted by Crippen LogP contribution is 2.48. The van der Waals surface area contributed by atoms with Gasteiger partial charge in [-0.25, -0.2) is 0 Å². The standard InChI is InChI=1S/C20H22Br3N3O/c1-4-26(5-2)20(27)10-6-11-15(25(3)9-10)7-12-17-16(11)13(21)8-14(22)18(17)24-19(12)23/h6,8,10,15,24H,4-5,7,9H2,1-3H3/t10-,15-/m1/s1. The zero-order valence-corrected chi connectivity index (χ0v) is 20.3. The number of hydrogen-bond donors (Lipinski definition) is 1. The van der Waals surface area contributed by atoms with Crippen LogP contribution in [-0.2, 0) is 11.2 Å². The van der Waals surface area contributed by atoms with E-state index >= 15 is 0 Å². The molecule has 144 valence electrons. The van der Waals surface area contributed by atoms with E-state index in [-0.39, 0.29) is 17.9 Å². The van der Waals surface area contributed by atoms with E-state index in [0.717, 1.165) is 45.1 Å². The van der Waals surface area contributed by atoms with Gasteiger partial charge in [-0.2, -0.15) is 0 Å². The monoisotopic (exact) mass is 557 g/mol. The van der Waals surface area contributed by atoms with Gasteiger partial charge in [-0.05, 0) is 76.4 Å². The first-order valence-electron chi connectivity index (χ1n) is 9.26. The molecule has 4 nitrogen and oxygen atoms in total. The highest BCUT2D eigenvalue weighted by atomic mass is 79.9. The van der Waals surface area contributed by atoms with E-state index in [1.165, 1.54) is 22.1 Å². The summed E-state index contributed by atoms with van der Waals surface area (Å²) in [5.41, 5.74) is 4.89. The van der Waals surface area contributed by atoms with Crippen molar-refractivity contribution in [3.63, 3.8) is 0 Å². The number of likely N-dealkylation sites (N-methyl/N-ethyl adjacent to an activating group) is 1. The number of nitrogens with one attached hydrogen (secondary N) is 1. The lowest BCUT2D eigenvalue weighted by Gasteiger charge is -2.40. The molecule has 1 aliphatic heterocycles. The predicted octanol–water partition coefficient (Wildman–Crippen LogP) is 5.19. The minimum atomic E-state index is -0.101. The maximum absolute atomic E-state index is 13.0. The maximum atomic E-state index is 13.0. The quantitative estimate of drug-likeness (QED) is 0.562. The third kappa shape index (κ3) is 3.05. The summed E-state index contributed by atoms with van der Waals surface area (Å²) < 4.78 is 3.15. The van der Waals surface area contributed by atoms with Crippen molar-refractivity contribution in [1.82, 2.24) is 14.8 Å². The molecule has 2 heterocycles. The molecule has 0 spiro atoms. The first kappa shape index (κ1) is 19.7. The van der Waals surface area contributed by atoms with Crippen LogP contribution in [0.25, 0.3) is 16.5 Å². The fraction of sp³-hybridized carbons (Fsp3) is 0.450. The van der Waals surface area contributed by atoms with Crippen molar-refractivity contribution < 1.29 is 4.79 Å². The summed E-state index contributed by atoms with van der Waals surface area (Å²) >= 11 is 11.2. The van der Waals surface area contributed by atoms with Crippen LogP contribution in [0.4, 0.5) is 0 Å². The van der Waals surface area contributed by atoms with Crippen LogP contribution in [0.5, 0.6) is 0 Å². The molecular formula is C20H22Br3N3O. The third-order valence-electron chi connectivity index (χ3n) is 5.87. The van der Waals surface area contributed by atoms with E-state index in [2.05, 4.69) is 76.9 Å². The molecule has 0 saturated carbocycles. The smallest absolute Gasteiger partial charge is 0.230 e. The molecule has 0 bridgehead atoms. The third-order valence-corrected chi connectivity index (χ3v) is 7.80. The maximum Gasteiger partial charge on any atom is 0.230 e. The van der Waals surface area contributed by atoms with Crippen LogP contribution < -0.4 is 0 Å². The normalized spacial score (nSPS) is 21.9. The molecule has 2 aromatic rings. The van der Waals surface area contributed by atoms with Crippen molar-refractivity contribution in [1.29, 1.82) is 0 Å². The zero-order valence-electron chi connectivity index (χ0n) is 15.6. The van der Waals surface area contributed by atoms with Gasteiger partial charge in [-0.15, -0.1) is 0 Å². The van der Waals surface area contributed by atoms with E-state index in [4.69, 9.17) is 0 Å². The number of aromatic nitrogens is 1. The molecule has 7 heteroatoms. The molecule has 1 aromatic heterocycles. The van der Waals surface area contributed by atoms with Gasteiger partial charge in [0.05, 0.1) is 16.0 Å². The number of H-pyrrole nitrogens is 1. The minimum Gasteiger partial charge on any atom is -0.348 e. The van der Waals surface area contributed by atoms with Gasteiger partial charge in [-0.1, -0.05) is 22.0 Å². The number of halogens is 3. The van der Waals surface area contributed by atoms with Crippen LogP contribution in [0.1, 0.15) is 25.0 Å². The fourth-order valence-corrected chi connectivity index (χ4v) is 6.54. The Labute approximate surface area is 184 Å². The Morgan fingerprint density at radius 3 is 2.63 bits per heavy atom. The zero-order chi connectivity index (χ0) is 19.5. The first-order valence-corrected chi connectivity index (χ1v) is 11.6. The van der Waals surface area contributed by atoms with Crippen LogP contribution in [0.15, 0.2) is 25.7 Å². The molecule has 1 aliphatic carbocycles. The van der Waals surface area contributed by atoms with Gasteiger partial charge in [0.25, 0.3) is 0 Å². The van der Waals surface area contributed by atoms with E-state index in [1.807, 2.05) is 18.7 Å². The Balaban J connectivity index is 1.90.